The Kier molecular flexibility index (Phi) is 5.58. The van der Waals surface area contributed by atoms with E-state index in [0.29, 0.717) is 16.8 Å². The van der Waals surface area contributed by atoms with Crippen molar-refractivity contribution in [1.29, 1.82) is 0 Å². The maximum Gasteiger partial charge on any atom is 0.235 e. The molecular formula is C29H26N2O8. The van der Waals surface area contributed by atoms with Crippen molar-refractivity contribution in [1.82, 2.24) is 0 Å². The van der Waals surface area contributed by atoms with Crippen molar-refractivity contribution in [2.45, 2.75) is 37.7 Å². The highest BCUT2D eigenvalue weighted by molar-refractivity contribution is 6.31. The molecule has 6 rings (SSSR count). The third-order valence-corrected chi connectivity index (χ3v) is 8.70. The van der Waals surface area contributed by atoms with E-state index >= 15 is 0 Å². The molecule has 5 N–H and O–H groups in total. The fraction of sp³-hybridized carbons (Fsp3) is 0.379. The van der Waals surface area contributed by atoms with E-state index in [1.807, 2.05) is 0 Å². The topological polar surface area (TPSA) is 181 Å². The second kappa shape index (κ2) is 8.67. The highest BCUT2D eigenvalue weighted by Crippen LogP contribution is 2.51. The quantitative estimate of drug-likeness (QED) is 0.427. The van der Waals surface area contributed by atoms with Crippen molar-refractivity contribution in [3.05, 3.63) is 47.5 Å². The Morgan fingerprint density at radius 1 is 0.949 bits per heavy atom. The molecule has 4 aliphatic rings. The number of hydrogen-bond acceptors (Lipinski definition) is 8. The molecule has 2 aromatic carbocycles. The summed E-state index contributed by atoms with van der Waals surface area (Å²) in [5.74, 6) is -10.4. The number of phenolic OH excluding ortho intramolecular Hbond substituents is 1. The van der Waals surface area contributed by atoms with Gasteiger partial charge in [0.05, 0.1) is 11.5 Å². The van der Waals surface area contributed by atoms with Crippen LogP contribution in [0.3, 0.4) is 0 Å². The minimum absolute atomic E-state index is 0.0230. The Balaban J connectivity index is 1.36. The molecule has 2 amide bonds. The molecule has 0 radical (unpaired) electrons. The first kappa shape index (κ1) is 25.1. The SMILES string of the molecule is NC(=O)C1C(=O)C[C@@H]2C[C@@H]3Cc4c(-c5ccc(NC(=O)C6CC6)cc5)ccc(O)c4C(=O)C3C(=O)[C@]2(O)C1=O. The highest BCUT2D eigenvalue weighted by Gasteiger charge is 2.66. The maximum atomic E-state index is 13.7. The zero-order valence-electron chi connectivity index (χ0n) is 20.8. The zero-order chi connectivity index (χ0) is 27.8. The van der Waals surface area contributed by atoms with E-state index in [-0.39, 0.29) is 42.4 Å². The molecule has 10 heteroatoms. The van der Waals surface area contributed by atoms with Gasteiger partial charge in [-0.05, 0) is 66.5 Å². The van der Waals surface area contributed by atoms with Crippen molar-refractivity contribution in [3.63, 3.8) is 0 Å². The number of fused-ring (bicyclic) bond motifs is 3. The number of amides is 2. The molecule has 0 bridgehead atoms. The number of rotatable bonds is 4. The first-order chi connectivity index (χ1) is 18.5. The largest absolute Gasteiger partial charge is 0.507 e. The molecule has 3 saturated carbocycles. The number of aliphatic hydroxyl groups is 1. The fourth-order valence-electron chi connectivity index (χ4n) is 6.56. The second-order valence-corrected chi connectivity index (χ2v) is 11.1. The van der Waals surface area contributed by atoms with Gasteiger partial charge in [-0.15, -0.1) is 0 Å². The van der Waals surface area contributed by atoms with Crippen LogP contribution in [0.1, 0.15) is 41.6 Å². The van der Waals surface area contributed by atoms with Crippen LogP contribution in [0.2, 0.25) is 0 Å². The van der Waals surface area contributed by atoms with E-state index in [9.17, 15) is 39.0 Å². The number of carbonyl (C=O) groups excluding carboxylic acids is 6. The Morgan fingerprint density at radius 2 is 1.64 bits per heavy atom. The van der Waals surface area contributed by atoms with E-state index < -0.39 is 58.3 Å². The number of Topliss-reactive ketones (excluding diaryl/α,β-unsaturated/α-hetero) is 4. The van der Waals surface area contributed by atoms with Crippen LogP contribution >= 0.6 is 0 Å². The van der Waals surface area contributed by atoms with Gasteiger partial charge in [0, 0.05) is 23.9 Å². The summed E-state index contributed by atoms with van der Waals surface area (Å²) in [6, 6.07) is 10.1. The Labute approximate surface area is 222 Å². The minimum atomic E-state index is -2.67. The molecule has 3 fully saturated rings. The number of ketones is 4. The molecule has 10 nitrogen and oxygen atoms in total. The lowest BCUT2D eigenvalue weighted by Gasteiger charge is -2.48. The number of benzene rings is 2. The third-order valence-electron chi connectivity index (χ3n) is 8.70. The molecule has 200 valence electrons. The van der Waals surface area contributed by atoms with Crippen molar-refractivity contribution in [2.75, 3.05) is 5.32 Å². The average molecular weight is 531 g/mol. The lowest BCUT2D eigenvalue weighted by atomic mass is 9.53. The summed E-state index contributed by atoms with van der Waals surface area (Å²) >= 11 is 0. The van der Waals surface area contributed by atoms with Gasteiger partial charge in [-0.2, -0.15) is 0 Å². The number of aromatic hydroxyl groups is 1. The lowest BCUT2D eigenvalue weighted by Crippen LogP contribution is -2.68. The molecule has 5 atom stereocenters. The predicted octanol–water partition coefficient (Wildman–Crippen LogP) is 1.34. The molecule has 39 heavy (non-hydrogen) atoms. The van der Waals surface area contributed by atoms with Gasteiger partial charge in [0.1, 0.15) is 5.75 Å². The monoisotopic (exact) mass is 530 g/mol. The van der Waals surface area contributed by atoms with E-state index in [1.165, 1.54) is 6.07 Å². The minimum Gasteiger partial charge on any atom is -0.507 e. The van der Waals surface area contributed by atoms with Crippen LogP contribution in [0.4, 0.5) is 5.69 Å². The molecule has 0 spiro atoms. The van der Waals surface area contributed by atoms with Gasteiger partial charge in [0.25, 0.3) is 0 Å². The van der Waals surface area contributed by atoms with Gasteiger partial charge < -0.3 is 21.3 Å². The van der Waals surface area contributed by atoms with E-state index in [2.05, 4.69) is 5.32 Å². The summed E-state index contributed by atoms with van der Waals surface area (Å²) in [6.07, 6.45) is 1.60. The smallest absolute Gasteiger partial charge is 0.235 e. The van der Waals surface area contributed by atoms with Crippen LogP contribution in [0.25, 0.3) is 11.1 Å². The molecule has 0 aromatic heterocycles. The van der Waals surface area contributed by atoms with Gasteiger partial charge in [-0.25, -0.2) is 0 Å². The Morgan fingerprint density at radius 3 is 2.28 bits per heavy atom. The van der Waals surface area contributed by atoms with Gasteiger partial charge in [-0.1, -0.05) is 18.2 Å². The maximum absolute atomic E-state index is 13.7. The molecule has 2 aromatic rings. The summed E-state index contributed by atoms with van der Waals surface area (Å²) in [7, 11) is 0. The Hall–Kier alpha value is -4.18. The van der Waals surface area contributed by atoms with Crippen LogP contribution in [0, 0.1) is 29.6 Å². The third kappa shape index (κ3) is 3.73. The highest BCUT2D eigenvalue weighted by atomic mass is 16.3. The molecule has 4 aliphatic carbocycles. The van der Waals surface area contributed by atoms with E-state index in [1.54, 1.807) is 30.3 Å². The Bertz CT molecular complexity index is 1490. The number of anilines is 1. The second-order valence-electron chi connectivity index (χ2n) is 11.1. The molecular weight excluding hydrogens is 504 g/mol. The van der Waals surface area contributed by atoms with Gasteiger partial charge in [-0.3, -0.25) is 28.8 Å². The summed E-state index contributed by atoms with van der Waals surface area (Å²) in [5, 5.41) is 24.8. The van der Waals surface area contributed by atoms with Crippen molar-refractivity contribution >= 4 is 40.6 Å². The molecule has 0 saturated heterocycles. The zero-order valence-corrected chi connectivity index (χ0v) is 20.8. The van der Waals surface area contributed by atoms with E-state index in [4.69, 9.17) is 5.73 Å². The lowest BCUT2D eigenvalue weighted by molar-refractivity contribution is -0.175. The number of phenols is 1. The van der Waals surface area contributed by atoms with Gasteiger partial charge in [0.2, 0.25) is 11.8 Å². The van der Waals surface area contributed by atoms with Gasteiger partial charge >= 0.3 is 0 Å². The van der Waals surface area contributed by atoms with E-state index in [0.717, 1.165) is 18.4 Å². The number of carbonyl (C=O) groups is 6. The summed E-state index contributed by atoms with van der Waals surface area (Å²) in [4.78, 5) is 76.7. The number of primary amides is 1. The van der Waals surface area contributed by atoms with Crippen LogP contribution in [0.5, 0.6) is 5.75 Å². The van der Waals surface area contributed by atoms with Crippen molar-refractivity contribution in [2.24, 2.45) is 35.3 Å². The van der Waals surface area contributed by atoms with Crippen molar-refractivity contribution in [3.8, 4) is 16.9 Å². The normalized spacial score (nSPS) is 29.8. The van der Waals surface area contributed by atoms with Crippen LogP contribution < -0.4 is 11.1 Å². The molecule has 2 unspecified atom stereocenters. The first-order valence-electron chi connectivity index (χ1n) is 13.0. The summed E-state index contributed by atoms with van der Waals surface area (Å²) in [6.45, 7) is 0. The summed E-state index contributed by atoms with van der Waals surface area (Å²) in [5.41, 5.74) is 5.04. The molecule has 0 heterocycles. The van der Waals surface area contributed by atoms with Crippen LogP contribution in [0.15, 0.2) is 36.4 Å². The van der Waals surface area contributed by atoms with Gasteiger partial charge in [0.15, 0.2) is 34.7 Å². The standard InChI is InChI=1S/C29H26N2O8/c30-27(37)23-20(33)11-15-9-14-10-18-17(12-3-5-16(6-4-12)31-28(38)13-1-2-13)7-8-19(32)22(18)24(34)21(14)25(35)29(15,39)26(23)36/h3-8,13-15,21,23,32,39H,1-2,9-11H2,(H2,30,37)(H,31,38)/t14-,15+,21?,23?,29+/m1/s1. The first-order valence-corrected chi connectivity index (χ1v) is 13.0. The molecule has 0 aliphatic heterocycles. The number of nitrogens with one attached hydrogen (secondary N) is 1. The van der Waals surface area contributed by atoms with Crippen molar-refractivity contribution < 1.29 is 39.0 Å². The van der Waals surface area contributed by atoms with Crippen LogP contribution in [-0.4, -0.2) is 50.8 Å². The van der Waals surface area contributed by atoms with Crippen LogP contribution in [-0.2, 0) is 30.4 Å². The predicted molar refractivity (Wildman–Crippen MR) is 135 cm³/mol. The number of hydrogen-bond donors (Lipinski definition) is 4. The summed E-state index contributed by atoms with van der Waals surface area (Å²) < 4.78 is 0. The average Bonchev–Trinajstić information content (AvgIpc) is 3.73. The fourth-order valence-corrected chi connectivity index (χ4v) is 6.56. The number of nitrogens with two attached hydrogens (primary N) is 1.